The number of benzene rings is 3. The first kappa shape index (κ1) is 22.3. The number of rotatable bonds is 6. The Balaban J connectivity index is 1.39. The minimum Gasteiger partial charge on any atom is -0.489 e. The van der Waals surface area contributed by atoms with E-state index in [0.717, 1.165) is 38.1 Å². The Labute approximate surface area is 203 Å². The molecule has 0 saturated carbocycles. The number of hydrogen-bond acceptors (Lipinski definition) is 5. The number of halogens is 1. The summed E-state index contributed by atoms with van der Waals surface area (Å²) in [4.78, 5) is 25.7. The molecule has 4 rings (SSSR count). The smallest absolute Gasteiger partial charge is 0.285 e. The first-order chi connectivity index (χ1) is 15.5. The Morgan fingerprint density at radius 1 is 1.03 bits per heavy atom. The highest BCUT2D eigenvalue weighted by molar-refractivity contribution is 9.10. The van der Waals surface area contributed by atoms with Gasteiger partial charge < -0.3 is 4.74 Å². The number of thiocarbonyl (C=S) groups is 1. The van der Waals surface area contributed by atoms with Gasteiger partial charge in [-0.3, -0.25) is 15.0 Å². The summed E-state index contributed by atoms with van der Waals surface area (Å²) in [6.07, 6.45) is 1.74. The standard InChI is InChI=1S/C24H17BrN2O3S2/c25-19-10-8-18(9-11-19)22(28)26-27-23(29)21(32-24(27)31)14-16-6-12-20(13-7-16)30-15-17-4-2-1-3-5-17/h1-14H,15H2,(H,26,28)/b21-14-. The summed E-state index contributed by atoms with van der Waals surface area (Å²) in [5.41, 5.74) is 4.92. The van der Waals surface area contributed by atoms with Crippen LogP contribution in [0.2, 0.25) is 0 Å². The largest absolute Gasteiger partial charge is 0.489 e. The average molecular weight is 525 g/mol. The maximum atomic E-state index is 12.8. The van der Waals surface area contributed by atoms with Gasteiger partial charge >= 0.3 is 0 Å². The highest BCUT2D eigenvalue weighted by Crippen LogP contribution is 2.31. The number of carbonyl (C=O) groups excluding carboxylic acids is 2. The average Bonchev–Trinajstić information content (AvgIpc) is 3.07. The summed E-state index contributed by atoms with van der Waals surface area (Å²) in [5.74, 6) is -0.0369. The molecule has 1 N–H and O–H groups in total. The molecule has 3 aromatic carbocycles. The van der Waals surface area contributed by atoms with Crippen molar-refractivity contribution in [1.29, 1.82) is 0 Å². The van der Waals surface area contributed by atoms with Crippen LogP contribution < -0.4 is 10.2 Å². The number of amides is 2. The zero-order valence-corrected chi connectivity index (χ0v) is 19.9. The molecule has 1 fully saturated rings. The quantitative estimate of drug-likeness (QED) is 0.337. The number of hydrogen-bond donors (Lipinski definition) is 1. The van der Waals surface area contributed by atoms with Crippen molar-refractivity contribution >= 4 is 62.1 Å². The number of ether oxygens (including phenoxy) is 1. The van der Waals surface area contributed by atoms with E-state index in [1.54, 1.807) is 30.3 Å². The van der Waals surface area contributed by atoms with Gasteiger partial charge in [-0.15, -0.1) is 0 Å². The molecule has 8 heteroatoms. The lowest BCUT2D eigenvalue weighted by atomic mass is 10.2. The predicted octanol–water partition coefficient (Wildman–Crippen LogP) is 5.57. The third-order valence-corrected chi connectivity index (χ3v) is 6.37. The second-order valence-electron chi connectivity index (χ2n) is 6.81. The Morgan fingerprint density at radius 2 is 1.72 bits per heavy atom. The van der Waals surface area contributed by atoms with Crippen LogP contribution in [0.3, 0.4) is 0 Å². The lowest BCUT2D eigenvalue weighted by Gasteiger charge is -2.15. The van der Waals surface area contributed by atoms with Crippen LogP contribution in [0.25, 0.3) is 6.08 Å². The molecule has 1 aliphatic rings. The molecule has 3 aromatic rings. The van der Waals surface area contributed by atoms with Crippen LogP contribution in [0.15, 0.2) is 88.2 Å². The molecule has 32 heavy (non-hydrogen) atoms. The molecule has 0 spiro atoms. The van der Waals surface area contributed by atoms with Gasteiger partial charge in [-0.25, -0.2) is 0 Å². The Bertz CT molecular complexity index is 1180. The van der Waals surface area contributed by atoms with E-state index in [0.29, 0.717) is 17.1 Å². The second-order valence-corrected chi connectivity index (χ2v) is 9.40. The summed E-state index contributed by atoms with van der Waals surface area (Å²) >= 11 is 9.76. The van der Waals surface area contributed by atoms with Crippen molar-refractivity contribution in [2.75, 3.05) is 0 Å². The van der Waals surface area contributed by atoms with Gasteiger partial charge in [0.05, 0.1) is 4.91 Å². The molecular weight excluding hydrogens is 508 g/mol. The van der Waals surface area contributed by atoms with Crippen molar-refractivity contribution in [2.24, 2.45) is 0 Å². The lowest BCUT2D eigenvalue weighted by molar-refractivity contribution is -0.123. The van der Waals surface area contributed by atoms with Crippen LogP contribution in [0.1, 0.15) is 21.5 Å². The van der Waals surface area contributed by atoms with E-state index in [-0.39, 0.29) is 10.2 Å². The molecule has 0 bridgehead atoms. The number of hydrazine groups is 1. The second kappa shape index (κ2) is 10.1. The summed E-state index contributed by atoms with van der Waals surface area (Å²) in [6, 6.07) is 24.2. The van der Waals surface area contributed by atoms with Crippen molar-refractivity contribution < 1.29 is 14.3 Å². The van der Waals surface area contributed by atoms with Crippen LogP contribution in [0, 0.1) is 0 Å². The van der Waals surface area contributed by atoms with Crippen LogP contribution in [-0.2, 0) is 11.4 Å². The van der Waals surface area contributed by atoms with Gasteiger partial charge in [-0.05, 0) is 65.8 Å². The third-order valence-electron chi connectivity index (χ3n) is 4.54. The van der Waals surface area contributed by atoms with Crippen LogP contribution >= 0.6 is 39.9 Å². The lowest BCUT2D eigenvalue weighted by Crippen LogP contribution is -2.44. The van der Waals surface area contributed by atoms with E-state index in [4.69, 9.17) is 17.0 Å². The molecule has 0 aliphatic carbocycles. The zero-order chi connectivity index (χ0) is 22.5. The topological polar surface area (TPSA) is 58.6 Å². The Hall–Kier alpha value is -2.94. The SMILES string of the molecule is O=C(NN1C(=O)/C(=C/c2ccc(OCc3ccccc3)cc2)SC1=S)c1ccc(Br)cc1. The monoisotopic (exact) mass is 524 g/mol. The maximum Gasteiger partial charge on any atom is 0.285 e. The van der Waals surface area contributed by atoms with E-state index >= 15 is 0 Å². The van der Waals surface area contributed by atoms with E-state index < -0.39 is 5.91 Å². The highest BCUT2D eigenvalue weighted by atomic mass is 79.9. The molecule has 5 nitrogen and oxygen atoms in total. The van der Waals surface area contributed by atoms with Gasteiger partial charge in [0.1, 0.15) is 12.4 Å². The summed E-state index contributed by atoms with van der Waals surface area (Å²) in [6.45, 7) is 0.483. The van der Waals surface area contributed by atoms with E-state index in [1.807, 2.05) is 54.6 Å². The molecule has 1 saturated heterocycles. The van der Waals surface area contributed by atoms with Gasteiger partial charge in [-0.1, -0.05) is 70.2 Å². The summed E-state index contributed by atoms with van der Waals surface area (Å²) < 4.78 is 6.93. The predicted molar refractivity (Wildman–Crippen MR) is 134 cm³/mol. The fraction of sp³-hybridized carbons (Fsp3) is 0.0417. The normalized spacial score (nSPS) is 14.7. The molecule has 1 aliphatic heterocycles. The number of nitrogens with zero attached hydrogens (tertiary/aromatic N) is 1. The number of thioether (sulfide) groups is 1. The molecule has 0 unspecified atom stereocenters. The minimum atomic E-state index is -0.407. The minimum absolute atomic E-state index is 0.273. The summed E-state index contributed by atoms with van der Waals surface area (Å²) in [7, 11) is 0. The molecule has 2 amide bonds. The van der Waals surface area contributed by atoms with Gasteiger partial charge in [-0.2, -0.15) is 5.01 Å². The van der Waals surface area contributed by atoms with Crippen LogP contribution in [0.4, 0.5) is 0 Å². The van der Waals surface area contributed by atoms with Crippen molar-refractivity contribution in [2.45, 2.75) is 6.61 Å². The van der Waals surface area contributed by atoms with Gasteiger partial charge in [0.2, 0.25) is 0 Å². The molecule has 160 valence electrons. The zero-order valence-electron chi connectivity index (χ0n) is 16.7. The number of nitrogens with one attached hydrogen (secondary N) is 1. The molecular formula is C24H17BrN2O3S2. The van der Waals surface area contributed by atoms with Crippen molar-refractivity contribution in [3.05, 3.63) is 105 Å². The molecule has 0 aromatic heterocycles. The molecule has 1 heterocycles. The van der Waals surface area contributed by atoms with Crippen LogP contribution in [-0.4, -0.2) is 21.1 Å². The Kier molecular flexibility index (Phi) is 7.04. The Morgan fingerprint density at radius 3 is 2.41 bits per heavy atom. The van der Waals surface area contributed by atoms with Gasteiger partial charge in [0.15, 0.2) is 4.32 Å². The van der Waals surface area contributed by atoms with Crippen molar-refractivity contribution in [1.82, 2.24) is 10.4 Å². The maximum absolute atomic E-state index is 12.8. The van der Waals surface area contributed by atoms with E-state index in [1.165, 1.54) is 0 Å². The molecule has 0 atom stereocenters. The highest BCUT2D eigenvalue weighted by Gasteiger charge is 2.33. The van der Waals surface area contributed by atoms with Gasteiger partial charge in [0, 0.05) is 10.0 Å². The number of carbonyl (C=O) groups is 2. The van der Waals surface area contributed by atoms with Gasteiger partial charge in [0.25, 0.3) is 11.8 Å². The third kappa shape index (κ3) is 5.45. The van der Waals surface area contributed by atoms with E-state index in [2.05, 4.69) is 21.4 Å². The fourth-order valence-corrected chi connectivity index (χ4v) is 4.33. The van der Waals surface area contributed by atoms with E-state index in [9.17, 15) is 9.59 Å². The first-order valence-corrected chi connectivity index (χ1v) is 11.6. The van der Waals surface area contributed by atoms with Crippen molar-refractivity contribution in [3.8, 4) is 5.75 Å². The first-order valence-electron chi connectivity index (χ1n) is 9.61. The van der Waals surface area contributed by atoms with Crippen molar-refractivity contribution in [3.63, 3.8) is 0 Å². The summed E-state index contributed by atoms with van der Waals surface area (Å²) in [5, 5.41) is 1.10. The van der Waals surface area contributed by atoms with Crippen LogP contribution in [0.5, 0.6) is 5.75 Å². The molecule has 0 radical (unpaired) electrons. The fourth-order valence-electron chi connectivity index (χ4n) is 2.88.